The average molecular weight is 462 g/mol. The first-order chi connectivity index (χ1) is 0. The summed E-state index contributed by atoms with van der Waals surface area (Å²) < 4.78 is 0. The van der Waals surface area contributed by atoms with Crippen molar-refractivity contribution in [1.82, 2.24) is 0 Å². The molecule has 0 aromatic rings. The van der Waals surface area contributed by atoms with E-state index in [4.69, 9.17) is 0 Å². The van der Waals surface area contributed by atoms with E-state index in [0.29, 0.717) is 0 Å². The summed E-state index contributed by atoms with van der Waals surface area (Å²) in [7, 11) is 0. The molecule has 0 aliphatic heterocycles. The quantitative estimate of drug-likeness (QED) is 0.390. The standard InChI is InChI=1S/Ho.9O.3V/q+3;9*-2;;;. The molecule has 0 fully saturated rings. The zero-order valence-corrected chi connectivity index (χ0v) is 11.4. The van der Waals surface area contributed by atoms with Crippen LogP contribution in [-0.4, -0.2) is 0 Å². The van der Waals surface area contributed by atoms with E-state index < -0.39 is 0 Å². The molecule has 0 aliphatic carbocycles. The van der Waals surface area contributed by atoms with Gasteiger partial charge in [-0.25, -0.2) is 0 Å². The van der Waals surface area contributed by atoms with Crippen LogP contribution in [0.15, 0.2) is 0 Å². The van der Waals surface area contributed by atoms with Crippen LogP contribution >= 0.6 is 0 Å². The van der Waals surface area contributed by atoms with Crippen LogP contribution in [0, 0.1) is 37.7 Å². The summed E-state index contributed by atoms with van der Waals surface area (Å²) in [5.41, 5.74) is 0. The second-order valence-corrected chi connectivity index (χ2v) is 0. The SMILES string of the molecule is [Ho+3].[O-2].[O-2].[O-2].[O-2].[O-2].[O-2].[O-2].[O-2].[O-2].[V].[V].[V]. The molecule has 0 aromatic heterocycles. The predicted octanol–water partition coefficient (Wildman–Crippen LogP) is -1.08. The molecule has 0 heterocycles. The molecule has 0 aliphatic rings. The van der Waals surface area contributed by atoms with Crippen LogP contribution in [0.2, 0.25) is 0 Å². The van der Waals surface area contributed by atoms with E-state index in [-0.39, 0.29) is 143 Å². The molecular weight excluding hydrogens is 462 g/mol. The van der Waals surface area contributed by atoms with Crippen molar-refractivity contribution in [1.29, 1.82) is 0 Å². The van der Waals surface area contributed by atoms with Gasteiger partial charge in [-0.05, 0) is 0 Å². The monoisotopic (exact) mass is 462 g/mol. The molecule has 3 radical (unpaired) electrons. The van der Waals surface area contributed by atoms with Gasteiger partial charge in [-0.1, -0.05) is 0 Å². The molecule has 9 nitrogen and oxygen atoms in total. The summed E-state index contributed by atoms with van der Waals surface area (Å²) in [4.78, 5) is 0. The van der Waals surface area contributed by atoms with Crippen LogP contribution in [0.4, 0.5) is 0 Å². The maximum absolute atomic E-state index is 0. The summed E-state index contributed by atoms with van der Waals surface area (Å²) in [6, 6.07) is 0. The smallest absolute Gasteiger partial charge is 2.00 e. The zero-order chi connectivity index (χ0) is 0. The van der Waals surface area contributed by atoms with Crippen molar-refractivity contribution in [2.45, 2.75) is 0 Å². The summed E-state index contributed by atoms with van der Waals surface area (Å²) in [5, 5.41) is 0. The minimum absolute atomic E-state index is 0. The van der Waals surface area contributed by atoms with Gasteiger partial charge in [-0.3, -0.25) is 0 Å². The van der Waals surface area contributed by atoms with E-state index in [1.165, 1.54) is 0 Å². The van der Waals surface area contributed by atoms with Crippen LogP contribution < -0.4 is 0 Å². The zero-order valence-electron chi connectivity index (χ0n) is 5.32. The second-order valence-electron chi connectivity index (χ2n) is 0. The Hall–Kier alpha value is 2.65. The summed E-state index contributed by atoms with van der Waals surface area (Å²) in [5.74, 6) is 0. The van der Waals surface area contributed by atoms with Gasteiger partial charge in [-0.15, -0.1) is 0 Å². The third-order valence-electron chi connectivity index (χ3n) is 0. The van der Waals surface area contributed by atoms with Gasteiger partial charge in [-0.2, -0.15) is 0 Å². The normalized spacial score (nSPS) is 0. The maximum Gasteiger partial charge on any atom is 3.00 e. The first kappa shape index (κ1) is 478. The number of hydrogen-bond acceptors (Lipinski definition) is 0. The first-order valence-corrected chi connectivity index (χ1v) is 0. The molecule has 95 valence electrons. The van der Waals surface area contributed by atoms with E-state index in [1.54, 1.807) is 0 Å². The van der Waals surface area contributed by atoms with E-state index in [9.17, 15) is 0 Å². The minimum Gasteiger partial charge on any atom is -2.00 e. The average Bonchev–Trinajstić information content (AvgIpc) is 0. The Morgan fingerprint density at radius 3 is 0.231 bits per heavy atom. The van der Waals surface area contributed by atoms with E-state index in [2.05, 4.69) is 0 Å². The molecule has 0 atom stereocenters. The van der Waals surface area contributed by atoms with E-state index in [1.807, 2.05) is 0 Å². The van der Waals surface area contributed by atoms with Crippen LogP contribution in [0.3, 0.4) is 0 Å². The Morgan fingerprint density at radius 1 is 0.231 bits per heavy atom. The fourth-order valence-corrected chi connectivity index (χ4v) is 0. The van der Waals surface area contributed by atoms with Crippen molar-refractivity contribution in [2.75, 3.05) is 0 Å². The molecule has 0 unspecified atom stereocenters. The van der Waals surface area contributed by atoms with Crippen LogP contribution in [0.1, 0.15) is 0 Å². The number of hydrogen-bond donors (Lipinski definition) is 0. The predicted molar refractivity (Wildman–Crippen MR) is 6.18 cm³/mol. The molecule has 0 spiro atoms. The Kier molecular flexibility index (Phi) is 14300. The molecular formula is HoO9V3-15. The minimum atomic E-state index is 0. The summed E-state index contributed by atoms with van der Waals surface area (Å²) >= 11 is 0. The maximum atomic E-state index is 0. The van der Waals surface area contributed by atoms with Gasteiger partial charge in [0.15, 0.2) is 0 Å². The molecule has 0 aromatic carbocycles. The molecule has 0 saturated carbocycles. The number of rotatable bonds is 0. The molecule has 0 saturated heterocycles. The van der Waals surface area contributed by atoms with Gasteiger partial charge in [0.05, 0.1) is 0 Å². The van der Waals surface area contributed by atoms with Crippen molar-refractivity contribution < 1.29 is 143 Å². The molecule has 0 amide bonds. The van der Waals surface area contributed by atoms with Crippen molar-refractivity contribution in [3.63, 3.8) is 0 Å². The summed E-state index contributed by atoms with van der Waals surface area (Å²) in [6.07, 6.45) is 0. The van der Waals surface area contributed by atoms with Gasteiger partial charge in [0.2, 0.25) is 0 Å². The fraction of sp³-hybridized carbons (Fsp3) is 0. The van der Waals surface area contributed by atoms with Gasteiger partial charge in [0.25, 0.3) is 0 Å². The first-order valence-electron chi connectivity index (χ1n) is 0. The van der Waals surface area contributed by atoms with E-state index >= 15 is 0 Å². The van der Waals surface area contributed by atoms with Gasteiger partial charge in [0.1, 0.15) is 0 Å². The third-order valence-corrected chi connectivity index (χ3v) is 0. The molecule has 13 heavy (non-hydrogen) atoms. The van der Waals surface area contributed by atoms with Crippen molar-refractivity contribution in [3.05, 3.63) is 0 Å². The third kappa shape index (κ3) is 333. The molecule has 0 bridgehead atoms. The van der Waals surface area contributed by atoms with E-state index in [0.717, 1.165) is 0 Å². The Balaban J connectivity index is 0. The van der Waals surface area contributed by atoms with Crippen molar-refractivity contribution in [3.8, 4) is 0 Å². The van der Waals surface area contributed by atoms with Crippen molar-refractivity contribution in [2.24, 2.45) is 0 Å². The summed E-state index contributed by atoms with van der Waals surface area (Å²) in [6.45, 7) is 0. The Labute approximate surface area is 141 Å². The Morgan fingerprint density at radius 2 is 0.231 bits per heavy atom. The fourth-order valence-electron chi connectivity index (χ4n) is 0. The van der Waals surface area contributed by atoms with Crippen LogP contribution in [-0.2, 0) is 105 Å². The van der Waals surface area contributed by atoms with Gasteiger partial charge < -0.3 is 49.3 Å². The van der Waals surface area contributed by atoms with Crippen LogP contribution in [0.5, 0.6) is 0 Å². The molecule has 0 N–H and O–H groups in total. The molecule has 0 rings (SSSR count). The largest absolute Gasteiger partial charge is 3.00 e. The van der Waals surface area contributed by atoms with Crippen LogP contribution in [0.25, 0.3) is 0 Å². The van der Waals surface area contributed by atoms with Crippen molar-refractivity contribution >= 4 is 0 Å². The van der Waals surface area contributed by atoms with Gasteiger partial charge >= 0.3 is 37.7 Å². The Bertz CT molecular complexity index is 14.8. The van der Waals surface area contributed by atoms with Gasteiger partial charge in [0, 0.05) is 55.7 Å². The second kappa shape index (κ2) is 388. The molecule has 13 heteroatoms. The topological polar surface area (TPSA) is 256 Å².